The van der Waals surface area contributed by atoms with E-state index in [0.29, 0.717) is 35.8 Å². The lowest BCUT2D eigenvalue weighted by Gasteiger charge is -2.22. The number of hydrogen-bond acceptors (Lipinski definition) is 4. The summed E-state index contributed by atoms with van der Waals surface area (Å²) in [5.74, 6) is 0.441. The molecule has 2 rings (SSSR count). The summed E-state index contributed by atoms with van der Waals surface area (Å²) in [6.07, 6.45) is 2.98. The maximum absolute atomic E-state index is 12.1. The van der Waals surface area contributed by atoms with Gasteiger partial charge in [-0.3, -0.25) is 4.99 Å². The molecule has 1 unspecified atom stereocenters. The second kappa shape index (κ2) is 10.5. The van der Waals surface area contributed by atoms with Crippen LogP contribution < -0.4 is 15.4 Å². The number of guanidine groups is 1. The van der Waals surface area contributed by atoms with Crippen molar-refractivity contribution in [1.29, 1.82) is 0 Å². The Labute approximate surface area is 170 Å². The molecule has 1 aromatic heterocycles. The van der Waals surface area contributed by atoms with Crippen LogP contribution in [0, 0.1) is 0 Å². The molecule has 0 aromatic carbocycles. The third-order valence-electron chi connectivity index (χ3n) is 4.34. The zero-order chi connectivity index (χ0) is 19.9. The number of sulfonamides is 1. The average molecular weight is 440 g/mol. The molecular formula is C16H27Cl2N5O3S. The summed E-state index contributed by atoms with van der Waals surface area (Å²) in [4.78, 5) is 4.08. The van der Waals surface area contributed by atoms with Crippen LogP contribution >= 0.6 is 23.2 Å². The summed E-state index contributed by atoms with van der Waals surface area (Å²) in [5, 5.41) is 7.04. The molecule has 0 aliphatic carbocycles. The van der Waals surface area contributed by atoms with Crippen LogP contribution in [0.25, 0.3) is 0 Å². The van der Waals surface area contributed by atoms with Gasteiger partial charge < -0.3 is 19.9 Å². The molecule has 0 spiro atoms. The van der Waals surface area contributed by atoms with Gasteiger partial charge in [-0.05, 0) is 25.3 Å². The summed E-state index contributed by atoms with van der Waals surface area (Å²) < 4.78 is 34.1. The minimum absolute atomic E-state index is 0.0279. The SMILES string of the molecule is CN=C(NCCS(=O)(=O)NCC1CCCCO1)NCc1cc(Cl)c(Cl)n1C. The first-order chi connectivity index (χ1) is 12.8. The molecule has 2 heterocycles. The molecule has 1 atom stereocenters. The van der Waals surface area contributed by atoms with E-state index in [1.807, 2.05) is 7.05 Å². The molecule has 3 N–H and O–H groups in total. The second-order valence-electron chi connectivity index (χ2n) is 6.34. The van der Waals surface area contributed by atoms with Gasteiger partial charge in [0.1, 0.15) is 5.15 Å². The van der Waals surface area contributed by atoms with E-state index in [1.54, 1.807) is 17.7 Å². The molecule has 0 saturated carbocycles. The Bertz CT molecular complexity index is 745. The van der Waals surface area contributed by atoms with Gasteiger partial charge in [0.15, 0.2) is 5.96 Å². The van der Waals surface area contributed by atoms with Crippen molar-refractivity contribution >= 4 is 39.2 Å². The largest absolute Gasteiger partial charge is 0.377 e. The molecule has 1 fully saturated rings. The molecular weight excluding hydrogens is 413 g/mol. The number of aliphatic imine (C=N–C) groups is 1. The topological polar surface area (TPSA) is 96.8 Å². The van der Waals surface area contributed by atoms with Gasteiger partial charge in [-0.1, -0.05) is 23.2 Å². The van der Waals surface area contributed by atoms with E-state index in [-0.39, 0.29) is 18.4 Å². The second-order valence-corrected chi connectivity index (χ2v) is 9.03. The van der Waals surface area contributed by atoms with Gasteiger partial charge in [0, 0.05) is 39.5 Å². The first-order valence-electron chi connectivity index (χ1n) is 8.85. The molecule has 1 aliphatic heterocycles. The monoisotopic (exact) mass is 439 g/mol. The number of halogens is 2. The highest BCUT2D eigenvalue weighted by Crippen LogP contribution is 2.24. The maximum atomic E-state index is 12.1. The number of rotatable bonds is 8. The summed E-state index contributed by atoms with van der Waals surface area (Å²) in [6, 6.07) is 1.77. The average Bonchev–Trinajstić information content (AvgIpc) is 2.90. The third kappa shape index (κ3) is 7.15. The summed E-state index contributed by atoms with van der Waals surface area (Å²) in [6.45, 7) is 1.71. The lowest BCUT2D eigenvalue weighted by Crippen LogP contribution is -2.42. The predicted octanol–water partition coefficient (Wildman–Crippen LogP) is 1.49. The highest BCUT2D eigenvalue weighted by Gasteiger charge is 2.17. The van der Waals surface area contributed by atoms with Crippen LogP contribution in [0.3, 0.4) is 0 Å². The smallest absolute Gasteiger partial charge is 0.213 e. The molecule has 8 nitrogen and oxygen atoms in total. The van der Waals surface area contributed by atoms with Crippen molar-refractivity contribution in [3.63, 3.8) is 0 Å². The molecule has 1 aromatic rings. The van der Waals surface area contributed by atoms with Gasteiger partial charge in [-0.2, -0.15) is 0 Å². The Morgan fingerprint density at radius 1 is 1.37 bits per heavy atom. The molecule has 11 heteroatoms. The summed E-state index contributed by atoms with van der Waals surface area (Å²) in [5.41, 5.74) is 0.884. The van der Waals surface area contributed by atoms with E-state index in [1.165, 1.54) is 0 Å². The van der Waals surface area contributed by atoms with E-state index in [9.17, 15) is 8.42 Å². The van der Waals surface area contributed by atoms with Crippen molar-refractivity contribution in [2.45, 2.75) is 31.9 Å². The number of ether oxygens (including phenoxy) is 1. The first kappa shape index (κ1) is 22.3. The van der Waals surface area contributed by atoms with E-state index >= 15 is 0 Å². The highest BCUT2D eigenvalue weighted by atomic mass is 35.5. The van der Waals surface area contributed by atoms with Gasteiger partial charge in [0.25, 0.3) is 0 Å². The molecule has 1 aliphatic rings. The van der Waals surface area contributed by atoms with Crippen LogP contribution in [0.4, 0.5) is 0 Å². The van der Waals surface area contributed by atoms with Crippen molar-refractivity contribution in [3.8, 4) is 0 Å². The van der Waals surface area contributed by atoms with E-state index in [4.69, 9.17) is 27.9 Å². The minimum atomic E-state index is -3.38. The van der Waals surface area contributed by atoms with Crippen molar-refractivity contribution < 1.29 is 13.2 Å². The number of nitrogens with zero attached hydrogens (tertiary/aromatic N) is 2. The lowest BCUT2D eigenvalue weighted by molar-refractivity contribution is 0.0200. The van der Waals surface area contributed by atoms with Gasteiger partial charge in [-0.25, -0.2) is 13.1 Å². The van der Waals surface area contributed by atoms with Crippen LogP contribution in [-0.4, -0.2) is 57.5 Å². The molecule has 0 radical (unpaired) electrons. The van der Waals surface area contributed by atoms with Crippen LogP contribution in [0.2, 0.25) is 10.2 Å². The molecule has 27 heavy (non-hydrogen) atoms. The van der Waals surface area contributed by atoms with Crippen molar-refractivity contribution in [2.75, 3.05) is 32.5 Å². The number of hydrogen-bond donors (Lipinski definition) is 3. The minimum Gasteiger partial charge on any atom is -0.377 e. The maximum Gasteiger partial charge on any atom is 0.213 e. The fourth-order valence-corrected chi connectivity index (χ4v) is 4.09. The van der Waals surface area contributed by atoms with Crippen molar-refractivity contribution in [1.82, 2.24) is 19.9 Å². The van der Waals surface area contributed by atoms with Crippen LogP contribution in [-0.2, 0) is 28.4 Å². The quantitative estimate of drug-likeness (QED) is 0.421. The normalized spacial score (nSPS) is 18.5. The predicted molar refractivity (Wildman–Crippen MR) is 109 cm³/mol. The van der Waals surface area contributed by atoms with Gasteiger partial charge in [0.05, 0.1) is 23.4 Å². The Morgan fingerprint density at radius 3 is 2.74 bits per heavy atom. The molecule has 1 saturated heterocycles. The Balaban J connectivity index is 1.72. The molecule has 0 amide bonds. The molecule has 154 valence electrons. The Morgan fingerprint density at radius 2 is 2.15 bits per heavy atom. The molecule has 0 bridgehead atoms. The standard InChI is InChI=1S/C16H27Cl2N5O3S/c1-19-16(21-10-12-9-14(17)15(18)23(12)2)20-6-8-27(24,25)22-11-13-5-3-4-7-26-13/h9,13,22H,3-8,10-11H2,1-2H3,(H2,19,20,21). The Hall–Kier alpha value is -1.000. The zero-order valence-corrected chi connectivity index (χ0v) is 17.9. The fourth-order valence-electron chi connectivity index (χ4n) is 2.72. The van der Waals surface area contributed by atoms with Gasteiger partial charge >= 0.3 is 0 Å². The number of aromatic nitrogens is 1. The van der Waals surface area contributed by atoms with E-state index in [2.05, 4.69) is 20.3 Å². The number of nitrogens with one attached hydrogen (secondary N) is 3. The summed E-state index contributed by atoms with van der Waals surface area (Å²) >= 11 is 12.0. The van der Waals surface area contributed by atoms with Gasteiger partial charge in [-0.15, -0.1) is 0 Å². The zero-order valence-electron chi connectivity index (χ0n) is 15.6. The van der Waals surface area contributed by atoms with Crippen LogP contribution in [0.5, 0.6) is 0 Å². The van der Waals surface area contributed by atoms with E-state index in [0.717, 1.165) is 25.0 Å². The van der Waals surface area contributed by atoms with Gasteiger partial charge in [0.2, 0.25) is 10.0 Å². The van der Waals surface area contributed by atoms with Crippen LogP contribution in [0.15, 0.2) is 11.1 Å². The summed E-state index contributed by atoms with van der Waals surface area (Å²) in [7, 11) is 0.0584. The highest BCUT2D eigenvalue weighted by molar-refractivity contribution is 7.89. The van der Waals surface area contributed by atoms with Crippen molar-refractivity contribution in [3.05, 3.63) is 21.9 Å². The lowest BCUT2D eigenvalue weighted by atomic mass is 10.1. The first-order valence-corrected chi connectivity index (χ1v) is 11.3. The van der Waals surface area contributed by atoms with Crippen LogP contribution in [0.1, 0.15) is 25.0 Å². The van der Waals surface area contributed by atoms with Crippen molar-refractivity contribution in [2.24, 2.45) is 12.0 Å². The Kier molecular flexibility index (Phi) is 8.68. The fraction of sp³-hybridized carbons (Fsp3) is 0.688. The van der Waals surface area contributed by atoms with E-state index < -0.39 is 10.0 Å². The third-order valence-corrected chi connectivity index (χ3v) is 6.53.